The van der Waals surface area contributed by atoms with Gasteiger partial charge in [0.25, 0.3) is 0 Å². The zero-order valence-corrected chi connectivity index (χ0v) is 10.1. The average Bonchev–Trinajstić information content (AvgIpc) is 2.42. The van der Waals surface area contributed by atoms with E-state index in [1.165, 1.54) is 24.3 Å². The molecule has 98 valence electrons. The minimum absolute atomic E-state index is 0.265. The van der Waals surface area contributed by atoms with E-state index in [1.54, 1.807) is 0 Å². The van der Waals surface area contributed by atoms with Gasteiger partial charge in [0.05, 0.1) is 17.7 Å². The van der Waals surface area contributed by atoms with Crippen molar-refractivity contribution in [1.29, 1.82) is 0 Å². The fraction of sp³-hybridized carbons (Fsp3) is 0.385. The number of carbonyl (C=O) groups is 2. The van der Waals surface area contributed by atoms with E-state index in [9.17, 15) is 14.0 Å². The predicted octanol–water partition coefficient (Wildman–Crippen LogP) is 2.38. The summed E-state index contributed by atoms with van der Waals surface area (Å²) >= 11 is 0. The Bertz CT molecular complexity index is 361. The normalized spacial score (nSPS) is 9.89. The minimum Gasteiger partial charge on any atom is -0.462 e. The molecule has 18 heavy (non-hydrogen) atoms. The van der Waals surface area contributed by atoms with Crippen molar-refractivity contribution >= 4 is 11.9 Å². The number of hydrogen-bond donors (Lipinski definition) is 0. The summed E-state index contributed by atoms with van der Waals surface area (Å²) in [4.78, 5) is 22.8. The van der Waals surface area contributed by atoms with Crippen molar-refractivity contribution in [1.82, 2.24) is 0 Å². The van der Waals surface area contributed by atoms with Crippen LogP contribution in [0.15, 0.2) is 24.3 Å². The van der Waals surface area contributed by atoms with Crippen molar-refractivity contribution in [2.45, 2.75) is 13.3 Å². The summed E-state index contributed by atoms with van der Waals surface area (Å²) in [6.45, 7) is 1.28. The third kappa shape index (κ3) is 4.16. The van der Waals surface area contributed by atoms with Crippen molar-refractivity contribution in [2.24, 2.45) is 0 Å². The van der Waals surface area contributed by atoms with E-state index in [0.29, 0.717) is 12.2 Å². The van der Waals surface area contributed by atoms with Crippen molar-refractivity contribution in [2.75, 3.05) is 19.9 Å². The Morgan fingerprint density at radius 3 is 1.83 bits per heavy atom. The Hall–Kier alpha value is -1.91. The summed E-state index contributed by atoms with van der Waals surface area (Å²) in [5.74, 6) is -1.04. The van der Waals surface area contributed by atoms with Gasteiger partial charge in [-0.3, -0.25) is 0 Å². The molecule has 0 radical (unpaired) electrons. The molecule has 0 aliphatic carbocycles. The number of esters is 2. The number of carbonyl (C=O) groups excluding carboxylic acids is 2. The number of halogens is 1. The van der Waals surface area contributed by atoms with Crippen LogP contribution in [0.2, 0.25) is 0 Å². The molecule has 0 amide bonds. The highest BCUT2D eigenvalue weighted by Gasteiger charge is 2.10. The van der Waals surface area contributed by atoms with Gasteiger partial charge >= 0.3 is 11.9 Å². The first-order valence-electron chi connectivity index (χ1n) is 5.69. The molecular formula is C13H15FO4. The van der Waals surface area contributed by atoms with Gasteiger partial charge in [-0.05, 0) is 30.7 Å². The van der Waals surface area contributed by atoms with Crippen LogP contribution >= 0.6 is 0 Å². The minimum atomic E-state index is -0.715. The molecule has 4 nitrogen and oxygen atoms in total. The number of alkyl halides is 1. The zero-order valence-electron chi connectivity index (χ0n) is 10.1. The molecule has 0 N–H and O–H groups in total. The van der Waals surface area contributed by atoms with Crippen LogP contribution in [0.1, 0.15) is 34.1 Å². The predicted molar refractivity (Wildman–Crippen MR) is 63.3 cm³/mol. The van der Waals surface area contributed by atoms with Crippen LogP contribution in [0.4, 0.5) is 4.39 Å². The van der Waals surface area contributed by atoms with Gasteiger partial charge in [0.1, 0.15) is 13.3 Å². The molecule has 0 heterocycles. The molecule has 0 aliphatic rings. The summed E-state index contributed by atoms with van der Waals surface area (Å²) in [6.07, 6.45) is 0.749. The molecule has 5 heteroatoms. The maximum atomic E-state index is 11.8. The van der Waals surface area contributed by atoms with E-state index in [1.807, 2.05) is 6.92 Å². The first kappa shape index (κ1) is 14.2. The fourth-order valence-electron chi connectivity index (χ4n) is 1.24. The van der Waals surface area contributed by atoms with Gasteiger partial charge in [-0.15, -0.1) is 0 Å². The van der Waals surface area contributed by atoms with E-state index >= 15 is 0 Å². The van der Waals surface area contributed by atoms with E-state index in [-0.39, 0.29) is 12.2 Å². The lowest BCUT2D eigenvalue weighted by molar-refractivity contribution is 0.0475. The van der Waals surface area contributed by atoms with Gasteiger partial charge in [-0.25, -0.2) is 14.0 Å². The third-order valence-electron chi connectivity index (χ3n) is 2.10. The Kier molecular flexibility index (Phi) is 5.84. The molecule has 0 saturated heterocycles. The topological polar surface area (TPSA) is 52.6 Å². The molecule has 1 aromatic rings. The van der Waals surface area contributed by atoms with Gasteiger partial charge in [0.2, 0.25) is 0 Å². The smallest absolute Gasteiger partial charge is 0.338 e. The molecule has 0 spiro atoms. The van der Waals surface area contributed by atoms with E-state index in [4.69, 9.17) is 4.74 Å². The quantitative estimate of drug-likeness (QED) is 0.731. The molecule has 1 aromatic carbocycles. The molecule has 0 unspecified atom stereocenters. The molecule has 0 bridgehead atoms. The third-order valence-corrected chi connectivity index (χ3v) is 2.10. The highest BCUT2D eigenvalue weighted by Crippen LogP contribution is 2.07. The summed E-state index contributed by atoms with van der Waals surface area (Å²) in [5.41, 5.74) is 0.640. The van der Waals surface area contributed by atoms with Crippen LogP contribution in [0, 0.1) is 0 Å². The lowest BCUT2D eigenvalue weighted by Gasteiger charge is -2.04. The van der Waals surface area contributed by atoms with Gasteiger partial charge < -0.3 is 9.47 Å². The molecule has 0 atom stereocenters. The Morgan fingerprint density at radius 1 is 1.00 bits per heavy atom. The number of rotatable bonds is 6. The monoisotopic (exact) mass is 254 g/mol. The zero-order chi connectivity index (χ0) is 13.4. The Morgan fingerprint density at radius 2 is 1.44 bits per heavy atom. The molecule has 0 aliphatic heterocycles. The maximum absolute atomic E-state index is 11.8. The molecule has 0 fully saturated rings. The average molecular weight is 254 g/mol. The van der Waals surface area contributed by atoms with E-state index < -0.39 is 18.6 Å². The maximum Gasteiger partial charge on any atom is 0.338 e. The summed E-state index contributed by atoms with van der Waals surface area (Å²) in [5, 5.41) is 0. The lowest BCUT2D eigenvalue weighted by Crippen LogP contribution is -2.09. The van der Waals surface area contributed by atoms with Gasteiger partial charge in [0.15, 0.2) is 0 Å². The number of hydrogen-bond acceptors (Lipinski definition) is 4. The highest BCUT2D eigenvalue weighted by molar-refractivity contribution is 5.93. The summed E-state index contributed by atoms with van der Waals surface area (Å²) in [6, 6.07) is 5.85. The summed E-state index contributed by atoms with van der Waals surface area (Å²) < 4.78 is 21.4. The van der Waals surface area contributed by atoms with Crippen LogP contribution in [-0.2, 0) is 9.47 Å². The van der Waals surface area contributed by atoms with Gasteiger partial charge in [-0.1, -0.05) is 6.92 Å². The SMILES string of the molecule is CCCOC(=O)c1ccc(C(=O)OCCF)cc1. The lowest BCUT2D eigenvalue weighted by atomic mass is 10.1. The fourth-order valence-corrected chi connectivity index (χ4v) is 1.24. The second-order valence-corrected chi connectivity index (χ2v) is 3.54. The molecular weight excluding hydrogens is 239 g/mol. The van der Waals surface area contributed by atoms with Crippen LogP contribution in [0.3, 0.4) is 0 Å². The van der Waals surface area contributed by atoms with Crippen LogP contribution in [0.25, 0.3) is 0 Å². The van der Waals surface area contributed by atoms with Crippen molar-refractivity contribution in [3.63, 3.8) is 0 Å². The van der Waals surface area contributed by atoms with Crippen LogP contribution in [0.5, 0.6) is 0 Å². The van der Waals surface area contributed by atoms with Crippen molar-refractivity contribution < 1.29 is 23.5 Å². The van der Waals surface area contributed by atoms with Crippen LogP contribution in [-0.4, -0.2) is 31.8 Å². The number of benzene rings is 1. The Labute approximate surface area is 105 Å². The second kappa shape index (κ2) is 7.42. The number of ether oxygens (including phenoxy) is 2. The first-order chi connectivity index (χ1) is 8.69. The first-order valence-corrected chi connectivity index (χ1v) is 5.69. The van der Waals surface area contributed by atoms with Gasteiger partial charge in [0, 0.05) is 0 Å². The standard InChI is InChI=1S/C13H15FO4/c1-2-8-17-12(15)10-3-5-11(6-4-10)13(16)18-9-7-14/h3-6H,2,7-9H2,1H3. The molecule has 0 saturated carbocycles. The van der Waals surface area contributed by atoms with Crippen molar-refractivity contribution in [3.05, 3.63) is 35.4 Å². The molecule has 1 rings (SSSR count). The van der Waals surface area contributed by atoms with Gasteiger partial charge in [-0.2, -0.15) is 0 Å². The summed E-state index contributed by atoms with van der Waals surface area (Å²) in [7, 11) is 0. The molecule has 0 aromatic heterocycles. The second-order valence-electron chi connectivity index (χ2n) is 3.54. The largest absolute Gasteiger partial charge is 0.462 e. The highest BCUT2D eigenvalue weighted by atomic mass is 19.1. The Balaban J connectivity index is 2.62. The van der Waals surface area contributed by atoms with E-state index in [2.05, 4.69) is 4.74 Å². The van der Waals surface area contributed by atoms with E-state index in [0.717, 1.165) is 6.42 Å². The van der Waals surface area contributed by atoms with Crippen LogP contribution < -0.4 is 0 Å². The van der Waals surface area contributed by atoms with Crippen molar-refractivity contribution in [3.8, 4) is 0 Å².